The van der Waals surface area contributed by atoms with Crippen LogP contribution in [-0.2, 0) is 0 Å². The molecule has 3 rings (SSSR count). The van der Waals surface area contributed by atoms with Gasteiger partial charge in [-0.1, -0.05) is 6.92 Å². The van der Waals surface area contributed by atoms with Crippen LogP contribution in [0, 0.1) is 0 Å². The second-order valence-electron chi connectivity index (χ2n) is 5.52. The van der Waals surface area contributed by atoms with Crippen LogP contribution in [0.2, 0.25) is 0 Å². The second kappa shape index (κ2) is 7.67. The van der Waals surface area contributed by atoms with E-state index in [2.05, 4.69) is 37.1 Å². The zero-order valence-electron chi connectivity index (χ0n) is 13.7. The number of aromatic nitrogens is 4. The van der Waals surface area contributed by atoms with Gasteiger partial charge < -0.3 is 15.1 Å². The van der Waals surface area contributed by atoms with Gasteiger partial charge in [0.05, 0.1) is 0 Å². The molecule has 1 aliphatic rings. The Bertz CT molecular complexity index is 671. The van der Waals surface area contributed by atoms with E-state index >= 15 is 0 Å². The van der Waals surface area contributed by atoms with Crippen LogP contribution in [0.1, 0.15) is 23.8 Å². The molecular weight excluding hydrogens is 306 g/mol. The third-order valence-corrected chi connectivity index (χ3v) is 3.81. The highest BCUT2D eigenvalue weighted by atomic mass is 16.2. The average molecular weight is 327 g/mol. The summed E-state index contributed by atoms with van der Waals surface area (Å²) >= 11 is 0. The molecule has 0 aromatic carbocycles. The molecule has 126 valence electrons. The first kappa shape index (κ1) is 16.1. The van der Waals surface area contributed by atoms with E-state index in [1.165, 1.54) is 0 Å². The summed E-state index contributed by atoms with van der Waals surface area (Å²) in [4.78, 5) is 33.5. The van der Waals surface area contributed by atoms with Gasteiger partial charge in [0.15, 0.2) is 0 Å². The van der Waals surface area contributed by atoms with Gasteiger partial charge in [-0.05, 0) is 18.6 Å². The summed E-state index contributed by atoms with van der Waals surface area (Å²) in [5, 5.41) is 3.10. The van der Waals surface area contributed by atoms with E-state index in [0.29, 0.717) is 43.8 Å². The van der Waals surface area contributed by atoms with E-state index < -0.39 is 0 Å². The van der Waals surface area contributed by atoms with Crippen LogP contribution in [0.25, 0.3) is 0 Å². The van der Waals surface area contributed by atoms with Gasteiger partial charge in [0.25, 0.3) is 5.91 Å². The molecule has 0 radical (unpaired) electrons. The van der Waals surface area contributed by atoms with E-state index in [9.17, 15) is 4.79 Å². The van der Waals surface area contributed by atoms with E-state index in [4.69, 9.17) is 0 Å². The Labute approximate surface area is 141 Å². The zero-order valence-corrected chi connectivity index (χ0v) is 13.7. The number of piperazine rings is 1. The molecule has 24 heavy (non-hydrogen) atoms. The lowest BCUT2D eigenvalue weighted by Gasteiger charge is -2.34. The van der Waals surface area contributed by atoms with Gasteiger partial charge in [-0.25, -0.2) is 19.9 Å². The Balaban J connectivity index is 1.61. The van der Waals surface area contributed by atoms with Gasteiger partial charge >= 0.3 is 0 Å². The molecule has 0 spiro atoms. The van der Waals surface area contributed by atoms with Crippen LogP contribution in [0.4, 0.5) is 11.9 Å². The molecule has 1 fully saturated rings. The summed E-state index contributed by atoms with van der Waals surface area (Å²) in [7, 11) is 0. The predicted molar refractivity (Wildman–Crippen MR) is 91.0 cm³/mol. The van der Waals surface area contributed by atoms with Crippen LogP contribution in [0.3, 0.4) is 0 Å². The number of hydrogen-bond acceptors (Lipinski definition) is 7. The molecule has 1 amide bonds. The first-order chi connectivity index (χ1) is 11.8. The quantitative estimate of drug-likeness (QED) is 0.878. The molecule has 2 aromatic heterocycles. The van der Waals surface area contributed by atoms with Crippen molar-refractivity contribution in [2.24, 2.45) is 0 Å². The fourth-order valence-corrected chi connectivity index (χ4v) is 2.53. The van der Waals surface area contributed by atoms with Crippen LogP contribution in [0.15, 0.2) is 30.7 Å². The van der Waals surface area contributed by atoms with Crippen molar-refractivity contribution in [1.29, 1.82) is 0 Å². The summed E-state index contributed by atoms with van der Waals surface area (Å²) in [6.07, 6.45) is 6.05. The van der Waals surface area contributed by atoms with Crippen LogP contribution >= 0.6 is 0 Å². The molecule has 1 saturated heterocycles. The molecule has 8 nitrogen and oxygen atoms in total. The third kappa shape index (κ3) is 3.76. The molecule has 2 aromatic rings. The fourth-order valence-electron chi connectivity index (χ4n) is 2.53. The monoisotopic (exact) mass is 327 g/mol. The van der Waals surface area contributed by atoms with Gasteiger partial charge in [-0.3, -0.25) is 4.79 Å². The largest absolute Gasteiger partial charge is 0.354 e. The number of amides is 1. The summed E-state index contributed by atoms with van der Waals surface area (Å²) in [5.41, 5.74) is 0.424. The average Bonchev–Trinajstić information content (AvgIpc) is 2.67. The smallest absolute Gasteiger partial charge is 0.272 e. The van der Waals surface area contributed by atoms with E-state index in [1.807, 2.05) is 4.90 Å². The van der Waals surface area contributed by atoms with Gasteiger partial charge in [0.1, 0.15) is 5.69 Å². The summed E-state index contributed by atoms with van der Waals surface area (Å²) in [5.74, 6) is 1.14. The van der Waals surface area contributed by atoms with Crippen LogP contribution in [-0.4, -0.2) is 63.5 Å². The predicted octanol–water partition coefficient (Wildman–Crippen LogP) is 1.05. The van der Waals surface area contributed by atoms with Crippen molar-refractivity contribution >= 4 is 17.8 Å². The van der Waals surface area contributed by atoms with E-state index in [-0.39, 0.29) is 5.91 Å². The Morgan fingerprint density at radius 2 is 1.88 bits per heavy atom. The van der Waals surface area contributed by atoms with Gasteiger partial charge in [0, 0.05) is 51.3 Å². The van der Waals surface area contributed by atoms with Gasteiger partial charge in [0.2, 0.25) is 11.9 Å². The molecule has 3 heterocycles. The number of rotatable bonds is 5. The Morgan fingerprint density at radius 1 is 1.12 bits per heavy atom. The molecule has 0 aliphatic carbocycles. The lowest BCUT2D eigenvalue weighted by Crippen LogP contribution is -2.49. The minimum Gasteiger partial charge on any atom is -0.354 e. The number of anilines is 2. The SMILES string of the molecule is CCCNc1nccc(C(=O)N2CCN(c3ncccn3)CC2)n1. The number of nitrogens with one attached hydrogen (secondary N) is 1. The van der Waals surface area contributed by atoms with Gasteiger partial charge in [-0.2, -0.15) is 0 Å². The maximum absolute atomic E-state index is 12.6. The first-order valence-electron chi connectivity index (χ1n) is 8.16. The number of hydrogen-bond donors (Lipinski definition) is 1. The molecule has 1 aliphatic heterocycles. The lowest BCUT2D eigenvalue weighted by atomic mass is 10.2. The van der Waals surface area contributed by atoms with Crippen molar-refractivity contribution in [3.8, 4) is 0 Å². The minimum atomic E-state index is -0.0643. The van der Waals surface area contributed by atoms with Crippen molar-refractivity contribution < 1.29 is 4.79 Å². The maximum Gasteiger partial charge on any atom is 0.272 e. The fraction of sp³-hybridized carbons (Fsp3) is 0.438. The minimum absolute atomic E-state index is 0.0643. The highest BCUT2D eigenvalue weighted by Crippen LogP contribution is 2.12. The second-order valence-corrected chi connectivity index (χ2v) is 5.52. The lowest BCUT2D eigenvalue weighted by molar-refractivity contribution is 0.0740. The molecule has 0 atom stereocenters. The highest BCUT2D eigenvalue weighted by Gasteiger charge is 2.24. The Hall–Kier alpha value is -2.77. The number of nitrogens with zero attached hydrogens (tertiary/aromatic N) is 6. The van der Waals surface area contributed by atoms with Crippen molar-refractivity contribution in [2.45, 2.75) is 13.3 Å². The van der Waals surface area contributed by atoms with Gasteiger partial charge in [-0.15, -0.1) is 0 Å². The van der Waals surface area contributed by atoms with Crippen molar-refractivity contribution in [3.63, 3.8) is 0 Å². The van der Waals surface area contributed by atoms with Crippen molar-refractivity contribution in [2.75, 3.05) is 42.9 Å². The molecule has 0 bridgehead atoms. The molecular formula is C16H21N7O. The third-order valence-electron chi connectivity index (χ3n) is 3.81. The van der Waals surface area contributed by atoms with E-state index in [0.717, 1.165) is 13.0 Å². The summed E-state index contributed by atoms with van der Waals surface area (Å²) in [6, 6.07) is 3.45. The van der Waals surface area contributed by atoms with Crippen molar-refractivity contribution in [1.82, 2.24) is 24.8 Å². The first-order valence-corrected chi connectivity index (χ1v) is 8.16. The molecule has 8 heteroatoms. The Morgan fingerprint density at radius 3 is 2.58 bits per heavy atom. The zero-order chi connectivity index (χ0) is 16.8. The summed E-state index contributed by atoms with van der Waals surface area (Å²) in [6.45, 7) is 5.52. The summed E-state index contributed by atoms with van der Waals surface area (Å²) < 4.78 is 0. The van der Waals surface area contributed by atoms with Crippen LogP contribution < -0.4 is 10.2 Å². The molecule has 1 N–H and O–H groups in total. The van der Waals surface area contributed by atoms with Crippen LogP contribution in [0.5, 0.6) is 0 Å². The van der Waals surface area contributed by atoms with E-state index in [1.54, 1.807) is 30.7 Å². The number of carbonyl (C=O) groups excluding carboxylic acids is 1. The maximum atomic E-state index is 12.6. The molecule has 0 saturated carbocycles. The Kier molecular flexibility index (Phi) is 5.15. The topological polar surface area (TPSA) is 87.1 Å². The normalized spacial score (nSPS) is 14.5. The standard InChI is InChI=1S/C16H21N7O/c1-2-5-17-15-18-8-4-13(21-15)14(24)22-9-11-23(12-10-22)16-19-6-3-7-20-16/h3-4,6-8H,2,5,9-12H2,1H3,(H,17,18,21). The highest BCUT2D eigenvalue weighted by molar-refractivity contribution is 5.92. The number of carbonyl (C=O) groups is 1. The van der Waals surface area contributed by atoms with Crippen molar-refractivity contribution in [3.05, 3.63) is 36.4 Å². The molecule has 0 unspecified atom stereocenters.